The van der Waals surface area contributed by atoms with Crippen molar-refractivity contribution in [2.45, 2.75) is 129 Å². The number of ether oxygens (including phenoxy) is 2. The normalized spacial score (nSPS) is 10.3. The molecule has 0 aromatic heterocycles. The van der Waals surface area contributed by atoms with Crippen molar-refractivity contribution in [1.29, 1.82) is 0 Å². The minimum absolute atomic E-state index is 0.0325. The quantitative estimate of drug-likeness (QED) is 0.110. The number of nitrogens with two attached hydrogens (primary N) is 1. The molecule has 0 fully saturated rings. The zero-order chi connectivity index (χ0) is 26.4. The zero-order valence-electron chi connectivity index (χ0n) is 22.6. The van der Waals surface area contributed by atoms with Gasteiger partial charge in [0.25, 0.3) is 0 Å². The topological polar surface area (TPSA) is 128 Å². The molecule has 0 aromatic carbocycles. The summed E-state index contributed by atoms with van der Waals surface area (Å²) in [6, 6.07) is 0. The lowest BCUT2D eigenvalue weighted by atomic mass is 10.1. The molecule has 0 aliphatic carbocycles. The molecule has 0 radical (unpaired) electrons. The standard InChI is InChI=1S/C14H27NO4.C13H27NO2/c1-2-3-9-12-19-13(16)10-7-5-4-6-8-11-15-14(17)18;1-2-3-9-12-16-13(15)10-7-5-4-6-8-11-14/h15H,2-12H2,1H3,(H,17,18);2-12,14H2,1H3. The fourth-order valence-electron chi connectivity index (χ4n) is 3.28. The van der Waals surface area contributed by atoms with Crippen LogP contribution in [0.5, 0.6) is 0 Å². The molecule has 0 aromatic rings. The Morgan fingerprint density at radius 2 is 1.06 bits per heavy atom. The lowest BCUT2D eigenvalue weighted by Gasteiger charge is -2.04. The Hall–Kier alpha value is -1.83. The number of esters is 2. The van der Waals surface area contributed by atoms with E-state index in [0.717, 1.165) is 90.0 Å². The first-order chi connectivity index (χ1) is 17.0. The van der Waals surface area contributed by atoms with Gasteiger partial charge in [-0.25, -0.2) is 4.79 Å². The first-order valence-corrected chi connectivity index (χ1v) is 14.0. The molecule has 0 aliphatic heterocycles. The van der Waals surface area contributed by atoms with Crippen molar-refractivity contribution in [3.05, 3.63) is 0 Å². The molecule has 0 atom stereocenters. The molecule has 8 nitrogen and oxygen atoms in total. The number of carbonyl (C=O) groups excluding carboxylic acids is 2. The number of unbranched alkanes of at least 4 members (excludes halogenated alkanes) is 12. The summed E-state index contributed by atoms with van der Waals surface area (Å²) in [6.45, 7) is 6.69. The summed E-state index contributed by atoms with van der Waals surface area (Å²) in [5.41, 5.74) is 5.40. The largest absolute Gasteiger partial charge is 0.466 e. The molecular formula is C27H54N2O6. The molecule has 0 saturated heterocycles. The van der Waals surface area contributed by atoms with Crippen LogP contribution < -0.4 is 11.1 Å². The van der Waals surface area contributed by atoms with Gasteiger partial charge in [0, 0.05) is 19.4 Å². The molecule has 4 N–H and O–H groups in total. The maximum absolute atomic E-state index is 11.3. The molecule has 0 bridgehead atoms. The van der Waals surface area contributed by atoms with Gasteiger partial charge in [-0.05, 0) is 45.1 Å². The van der Waals surface area contributed by atoms with Crippen molar-refractivity contribution in [1.82, 2.24) is 5.32 Å². The highest BCUT2D eigenvalue weighted by Crippen LogP contribution is 2.07. The zero-order valence-corrected chi connectivity index (χ0v) is 22.6. The van der Waals surface area contributed by atoms with Gasteiger partial charge in [-0.2, -0.15) is 0 Å². The Morgan fingerprint density at radius 1 is 0.629 bits per heavy atom. The predicted molar refractivity (Wildman–Crippen MR) is 141 cm³/mol. The third-order valence-corrected chi connectivity index (χ3v) is 5.44. The number of hydrogen-bond acceptors (Lipinski definition) is 6. The molecule has 8 heteroatoms. The van der Waals surface area contributed by atoms with Gasteiger partial charge in [0.1, 0.15) is 0 Å². The molecule has 0 aliphatic rings. The number of carbonyl (C=O) groups is 3. The highest BCUT2D eigenvalue weighted by Gasteiger charge is 2.03. The predicted octanol–water partition coefficient (Wildman–Crippen LogP) is 6.35. The molecule has 0 saturated carbocycles. The van der Waals surface area contributed by atoms with Gasteiger partial charge in [-0.15, -0.1) is 0 Å². The summed E-state index contributed by atoms with van der Waals surface area (Å²) in [5.74, 6) is -0.126. The lowest BCUT2D eigenvalue weighted by Crippen LogP contribution is -2.21. The molecule has 208 valence electrons. The summed E-state index contributed by atoms with van der Waals surface area (Å²) >= 11 is 0. The minimum Gasteiger partial charge on any atom is -0.466 e. The highest BCUT2D eigenvalue weighted by atomic mass is 16.5. The van der Waals surface area contributed by atoms with Crippen LogP contribution >= 0.6 is 0 Å². The summed E-state index contributed by atoms with van der Waals surface area (Å²) in [7, 11) is 0. The van der Waals surface area contributed by atoms with E-state index in [-0.39, 0.29) is 11.9 Å². The average Bonchev–Trinajstić information content (AvgIpc) is 2.83. The Kier molecular flexibility index (Phi) is 30.5. The van der Waals surface area contributed by atoms with Crippen LogP contribution in [0.3, 0.4) is 0 Å². The second-order valence-corrected chi connectivity index (χ2v) is 8.91. The first-order valence-electron chi connectivity index (χ1n) is 14.0. The van der Waals surface area contributed by atoms with Gasteiger partial charge in [0.2, 0.25) is 0 Å². The van der Waals surface area contributed by atoms with E-state index in [1.54, 1.807) is 0 Å². The average molecular weight is 503 g/mol. The van der Waals surface area contributed by atoms with Crippen molar-refractivity contribution >= 4 is 18.0 Å². The van der Waals surface area contributed by atoms with Crippen molar-refractivity contribution < 1.29 is 29.0 Å². The van der Waals surface area contributed by atoms with Crippen LogP contribution in [-0.2, 0) is 19.1 Å². The third-order valence-electron chi connectivity index (χ3n) is 5.44. The second kappa shape index (κ2) is 30.2. The van der Waals surface area contributed by atoms with E-state index >= 15 is 0 Å². The van der Waals surface area contributed by atoms with E-state index in [4.69, 9.17) is 20.3 Å². The van der Waals surface area contributed by atoms with Crippen LogP contribution in [-0.4, -0.2) is 49.4 Å². The van der Waals surface area contributed by atoms with Crippen LogP contribution in [0, 0.1) is 0 Å². The maximum Gasteiger partial charge on any atom is 0.404 e. The summed E-state index contributed by atoms with van der Waals surface area (Å²) in [5, 5.41) is 10.7. The van der Waals surface area contributed by atoms with Crippen molar-refractivity contribution in [3.63, 3.8) is 0 Å². The summed E-state index contributed by atoms with van der Waals surface area (Å²) < 4.78 is 10.2. The molecule has 0 spiro atoms. The van der Waals surface area contributed by atoms with Gasteiger partial charge >= 0.3 is 18.0 Å². The van der Waals surface area contributed by atoms with E-state index in [1.165, 1.54) is 19.3 Å². The van der Waals surface area contributed by atoms with Crippen molar-refractivity contribution in [3.8, 4) is 0 Å². The molecule has 35 heavy (non-hydrogen) atoms. The Balaban J connectivity index is 0. The van der Waals surface area contributed by atoms with Gasteiger partial charge in [-0.1, -0.05) is 78.1 Å². The second-order valence-electron chi connectivity index (χ2n) is 8.91. The van der Waals surface area contributed by atoms with Gasteiger partial charge in [0.05, 0.1) is 13.2 Å². The van der Waals surface area contributed by atoms with E-state index < -0.39 is 6.09 Å². The fourth-order valence-corrected chi connectivity index (χ4v) is 3.28. The van der Waals surface area contributed by atoms with Gasteiger partial charge in [-0.3, -0.25) is 9.59 Å². The Labute approximate surface area is 214 Å². The third kappa shape index (κ3) is 34.4. The molecule has 0 rings (SSSR count). The number of rotatable bonds is 23. The number of carboxylic acid groups (broad SMARTS) is 1. The summed E-state index contributed by atoms with van der Waals surface area (Å²) in [4.78, 5) is 32.7. The smallest absolute Gasteiger partial charge is 0.404 e. The van der Waals surface area contributed by atoms with Crippen molar-refractivity contribution in [2.75, 3.05) is 26.3 Å². The number of nitrogens with one attached hydrogen (secondary N) is 1. The van der Waals surface area contributed by atoms with Gasteiger partial charge in [0.15, 0.2) is 0 Å². The Morgan fingerprint density at radius 3 is 1.49 bits per heavy atom. The maximum atomic E-state index is 11.3. The van der Waals surface area contributed by atoms with E-state index in [2.05, 4.69) is 19.2 Å². The first kappa shape index (κ1) is 35.3. The van der Waals surface area contributed by atoms with Crippen LogP contribution in [0.15, 0.2) is 0 Å². The number of amides is 1. The lowest BCUT2D eigenvalue weighted by molar-refractivity contribution is -0.144. The monoisotopic (exact) mass is 502 g/mol. The molecular weight excluding hydrogens is 448 g/mol. The van der Waals surface area contributed by atoms with E-state index in [1.807, 2.05) is 0 Å². The number of hydrogen-bond donors (Lipinski definition) is 3. The fraction of sp³-hybridized carbons (Fsp3) is 0.889. The van der Waals surface area contributed by atoms with E-state index in [0.29, 0.717) is 32.6 Å². The van der Waals surface area contributed by atoms with Crippen molar-refractivity contribution in [2.24, 2.45) is 5.73 Å². The highest BCUT2D eigenvalue weighted by molar-refractivity contribution is 5.69. The van der Waals surface area contributed by atoms with Crippen LogP contribution in [0.1, 0.15) is 129 Å². The SMILES string of the molecule is CCCCCOC(=O)CCCCCCCN.CCCCCOC(=O)CCCCCCCNC(=O)O. The Bertz CT molecular complexity index is 488. The molecule has 0 heterocycles. The minimum atomic E-state index is -0.967. The summed E-state index contributed by atoms with van der Waals surface area (Å²) in [6.07, 6.45) is 16.9. The van der Waals surface area contributed by atoms with Crippen LogP contribution in [0.2, 0.25) is 0 Å². The molecule has 1 amide bonds. The van der Waals surface area contributed by atoms with Crippen LogP contribution in [0.4, 0.5) is 4.79 Å². The molecule has 0 unspecified atom stereocenters. The van der Waals surface area contributed by atoms with Crippen LogP contribution in [0.25, 0.3) is 0 Å². The van der Waals surface area contributed by atoms with E-state index in [9.17, 15) is 14.4 Å². The van der Waals surface area contributed by atoms with Gasteiger partial charge < -0.3 is 25.6 Å².